The van der Waals surface area contributed by atoms with Crippen LogP contribution in [-0.4, -0.2) is 52.8 Å². The second kappa shape index (κ2) is 6.49. The zero-order valence-corrected chi connectivity index (χ0v) is 12.6. The number of aliphatic hydroxyl groups excluding tert-OH is 1. The zero-order chi connectivity index (χ0) is 14.7. The Morgan fingerprint density at radius 2 is 2.50 bits per heavy atom. The number of anilines is 1. The molecule has 1 aliphatic heterocycles. The van der Waals surface area contributed by atoms with Crippen LogP contribution in [0.2, 0.25) is 0 Å². The van der Waals surface area contributed by atoms with Gasteiger partial charge in [-0.25, -0.2) is 10.8 Å². The van der Waals surface area contributed by atoms with Crippen LogP contribution in [0, 0.1) is 0 Å². The van der Waals surface area contributed by atoms with Crippen molar-refractivity contribution in [3.63, 3.8) is 0 Å². The van der Waals surface area contributed by atoms with Crippen LogP contribution >= 0.6 is 15.9 Å². The number of pyridine rings is 1. The van der Waals surface area contributed by atoms with E-state index in [-0.39, 0.29) is 24.7 Å². The van der Waals surface area contributed by atoms with Crippen molar-refractivity contribution in [1.82, 2.24) is 9.88 Å². The molecule has 2 atom stereocenters. The number of hydrogen-bond acceptors (Lipinski definition) is 6. The van der Waals surface area contributed by atoms with Crippen molar-refractivity contribution < 1.29 is 14.6 Å². The van der Waals surface area contributed by atoms with E-state index in [1.807, 2.05) is 6.92 Å². The minimum atomic E-state index is -0.357. The van der Waals surface area contributed by atoms with Crippen molar-refractivity contribution in [3.05, 3.63) is 22.3 Å². The molecule has 2 heterocycles. The van der Waals surface area contributed by atoms with Crippen molar-refractivity contribution >= 4 is 27.7 Å². The number of aromatic nitrogens is 1. The SMILES string of the molecule is CC1COC(CO)CN1C(=O)c1cc(Br)cnc1NN. The molecular formula is C12H17BrN4O3. The van der Waals surface area contributed by atoms with Gasteiger partial charge in [-0.05, 0) is 28.9 Å². The molecule has 1 saturated heterocycles. The van der Waals surface area contributed by atoms with Gasteiger partial charge >= 0.3 is 0 Å². The number of carbonyl (C=O) groups is 1. The molecule has 0 saturated carbocycles. The molecule has 0 spiro atoms. The number of nitrogens with two attached hydrogens (primary N) is 1. The normalized spacial score (nSPS) is 22.7. The van der Waals surface area contributed by atoms with E-state index in [0.717, 1.165) is 0 Å². The highest BCUT2D eigenvalue weighted by molar-refractivity contribution is 9.10. The lowest BCUT2D eigenvalue weighted by atomic mass is 10.1. The molecule has 1 fully saturated rings. The Morgan fingerprint density at radius 1 is 1.75 bits per heavy atom. The molecule has 1 amide bonds. The maximum atomic E-state index is 12.6. The van der Waals surface area contributed by atoms with E-state index in [9.17, 15) is 9.90 Å². The molecule has 0 aromatic carbocycles. The number of rotatable bonds is 3. The molecule has 20 heavy (non-hydrogen) atoms. The van der Waals surface area contributed by atoms with Crippen molar-refractivity contribution in [2.24, 2.45) is 5.84 Å². The highest BCUT2D eigenvalue weighted by Crippen LogP contribution is 2.22. The van der Waals surface area contributed by atoms with Gasteiger partial charge in [0, 0.05) is 17.2 Å². The van der Waals surface area contributed by atoms with Gasteiger partial charge in [-0.1, -0.05) is 0 Å². The second-order valence-electron chi connectivity index (χ2n) is 4.64. The first-order chi connectivity index (χ1) is 9.56. The Balaban J connectivity index is 2.27. The number of amides is 1. The average molecular weight is 345 g/mol. The Kier molecular flexibility index (Phi) is 4.92. The van der Waals surface area contributed by atoms with Crippen LogP contribution in [0.4, 0.5) is 5.82 Å². The van der Waals surface area contributed by atoms with E-state index in [2.05, 4.69) is 26.3 Å². The molecule has 2 rings (SSSR count). The Morgan fingerprint density at radius 3 is 3.15 bits per heavy atom. The summed E-state index contributed by atoms with van der Waals surface area (Å²) in [5.74, 6) is 5.52. The first-order valence-electron chi connectivity index (χ1n) is 6.22. The van der Waals surface area contributed by atoms with Gasteiger partial charge in [0.05, 0.1) is 30.9 Å². The minimum absolute atomic E-state index is 0.0742. The van der Waals surface area contributed by atoms with Gasteiger partial charge in [-0.2, -0.15) is 0 Å². The predicted molar refractivity (Wildman–Crippen MR) is 77.1 cm³/mol. The minimum Gasteiger partial charge on any atom is -0.394 e. The number of nitrogens with zero attached hydrogens (tertiary/aromatic N) is 2. The molecule has 8 heteroatoms. The lowest BCUT2D eigenvalue weighted by Crippen LogP contribution is -2.52. The monoisotopic (exact) mass is 344 g/mol. The van der Waals surface area contributed by atoms with E-state index in [0.29, 0.717) is 29.0 Å². The third kappa shape index (κ3) is 3.09. The fourth-order valence-electron chi connectivity index (χ4n) is 2.08. The summed E-state index contributed by atoms with van der Waals surface area (Å²) in [4.78, 5) is 18.4. The van der Waals surface area contributed by atoms with Crippen LogP contribution < -0.4 is 11.3 Å². The third-order valence-electron chi connectivity index (χ3n) is 3.19. The molecular weight excluding hydrogens is 328 g/mol. The standard InChI is InChI=1S/C12H17BrN4O3/c1-7-6-20-9(5-18)4-17(7)12(19)10-2-8(13)3-15-11(10)16-14/h2-3,7,9,18H,4-6,14H2,1H3,(H,15,16). The lowest BCUT2D eigenvalue weighted by Gasteiger charge is -2.37. The first kappa shape index (κ1) is 15.2. The number of nitrogens with one attached hydrogen (secondary N) is 1. The molecule has 0 radical (unpaired) electrons. The fourth-order valence-corrected chi connectivity index (χ4v) is 2.41. The van der Waals surface area contributed by atoms with Gasteiger partial charge in [0.2, 0.25) is 0 Å². The van der Waals surface area contributed by atoms with Crippen LogP contribution in [-0.2, 0) is 4.74 Å². The van der Waals surface area contributed by atoms with Gasteiger partial charge in [0.1, 0.15) is 0 Å². The van der Waals surface area contributed by atoms with Crippen molar-refractivity contribution in [2.45, 2.75) is 19.1 Å². The van der Waals surface area contributed by atoms with Gasteiger partial charge in [-0.3, -0.25) is 4.79 Å². The number of ether oxygens (including phenoxy) is 1. The maximum Gasteiger partial charge on any atom is 0.258 e. The zero-order valence-electron chi connectivity index (χ0n) is 11.0. The molecule has 1 aromatic rings. The van der Waals surface area contributed by atoms with Gasteiger partial charge in [0.25, 0.3) is 5.91 Å². The number of nitrogen functional groups attached to an aromatic ring is 1. The number of halogens is 1. The number of aliphatic hydroxyl groups is 1. The first-order valence-corrected chi connectivity index (χ1v) is 7.01. The third-order valence-corrected chi connectivity index (χ3v) is 3.63. The largest absolute Gasteiger partial charge is 0.394 e. The molecule has 110 valence electrons. The summed E-state index contributed by atoms with van der Waals surface area (Å²) >= 11 is 3.29. The van der Waals surface area contributed by atoms with Crippen LogP contribution in [0.5, 0.6) is 0 Å². The molecule has 7 nitrogen and oxygen atoms in total. The summed E-state index contributed by atoms with van der Waals surface area (Å²) in [5, 5.41) is 9.18. The maximum absolute atomic E-state index is 12.6. The Labute approximate surface area is 125 Å². The molecule has 2 unspecified atom stereocenters. The van der Waals surface area contributed by atoms with Crippen LogP contribution in [0.25, 0.3) is 0 Å². The van der Waals surface area contributed by atoms with Crippen molar-refractivity contribution in [3.8, 4) is 0 Å². The summed E-state index contributed by atoms with van der Waals surface area (Å²) < 4.78 is 6.12. The molecule has 1 aromatic heterocycles. The number of hydrazine groups is 1. The molecule has 1 aliphatic rings. The van der Waals surface area contributed by atoms with E-state index >= 15 is 0 Å². The number of morpholine rings is 1. The highest BCUT2D eigenvalue weighted by atomic mass is 79.9. The Hall–Kier alpha value is -1.22. The predicted octanol–water partition coefficient (Wildman–Crippen LogP) is 0.351. The Bertz CT molecular complexity index is 500. The summed E-state index contributed by atoms with van der Waals surface area (Å²) in [6.07, 6.45) is 1.20. The summed E-state index contributed by atoms with van der Waals surface area (Å²) in [7, 11) is 0. The van der Waals surface area contributed by atoms with Crippen LogP contribution in [0.1, 0.15) is 17.3 Å². The average Bonchev–Trinajstić information content (AvgIpc) is 2.47. The topological polar surface area (TPSA) is 101 Å². The smallest absolute Gasteiger partial charge is 0.258 e. The van der Waals surface area contributed by atoms with E-state index < -0.39 is 0 Å². The summed E-state index contributed by atoms with van der Waals surface area (Å²) in [5.41, 5.74) is 2.80. The van der Waals surface area contributed by atoms with E-state index in [1.54, 1.807) is 17.2 Å². The lowest BCUT2D eigenvalue weighted by molar-refractivity contribution is -0.0667. The molecule has 0 aliphatic carbocycles. The van der Waals surface area contributed by atoms with E-state index in [4.69, 9.17) is 10.6 Å². The molecule has 4 N–H and O–H groups in total. The van der Waals surface area contributed by atoms with Crippen LogP contribution in [0.15, 0.2) is 16.7 Å². The van der Waals surface area contributed by atoms with Gasteiger partial charge < -0.3 is 20.2 Å². The van der Waals surface area contributed by atoms with Crippen LogP contribution in [0.3, 0.4) is 0 Å². The highest BCUT2D eigenvalue weighted by Gasteiger charge is 2.31. The van der Waals surface area contributed by atoms with Gasteiger partial charge in [-0.15, -0.1) is 0 Å². The summed E-state index contributed by atoms with van der Waals surface area (Å²) in [6.45, 7) is 2.51. The second-order valence-corrected chi connectivity index (χ2v) is 5.55. The van der Waals surface area contributed by atoms with Crippen molar-refractivity contribution in [1.29, 1.82) is 0 Å². The molecule has 0 bridgehead atoms. The quantitative estimate of drug-likeness (QED) is 0.540. The fraction of sp³-hybridized carbons (Fsp3) is 0.500. The number of hydrogen-bond donors (Lipinski definition) is 3. The van der Waals surface area contributed by atoms with Gasteiger partial charge in [0.15, 0.2) is 5.82 Å². The van der Waals surface area contributed by atoms with Crippen molar-refractivity contribution in [2.75, 3.05) is 25.2 Å². The number of carbonyl (C=O) groups excluding carboxylic acids is 1. The van der Waals surface area contributed by atoms with E-state index in [1.165, 1.54) is 0 Å². The summed E-state index contributed by atoms with van der Waals surface area (Å²) in [6, 6.07) is 1.59.